The highest BCUT2D eigenvalue weighted by atomic mass is 15.2. The van der Waals surface area contributed by atoms with Gasteiger partial charge in [-0.15, -0.1) is 0 Å². The largest absolute Gasteiger partial charge is 0.357 e. The van der Waals surface area contributed by atoms with Crippen molar-refractivity contribution >= 4 is 5.96 Å². The van der Waals surface area contributed by atoms with Crippen LogP contribution >= 0.6 is 0 Å². The number of aromatic nitrogens is 1. The van der Waals surface area contributed by atoms with E-state index in [0.717, 1.165) is 37.3 Å². The Hall–Kier alpha value is -1.62. The summed E-state index contributed by atoms with van der Waals surface area (Å²) in [6.07, 6.45) is 4.51. The summed E-state index contributed by atoms with van der Waals surface area (Å²) in [4.78, 5) is 11.5. The molecule has 122 valence electrons. The lowest BCUT2D eigenvalue weighted by molar-refractivity contribution is 0.215. The van der Waals surface area contributed by atoms with Crippen molar-refractivity contribution in [3.05, 3.63) is 30.1 Å². The van der Waals surface area contributed by atoms with Gasteiger partial charge in [0.1, 0.15) is 0 Å². The van der Waals surface area contributed by atoms with Crippen LogP contribution in [-0.4, -0.2) is 47.6 Å². The highest BCUT2D eigenvalue weighted by molar-refractivity contribution is 5.79. The summed E-state index contributed by atoms with van der Waals surface area (Å²) in [6.45, 7) is 10.1. The molecule has 2 N–H and O–H groups in total. The Kier molecular flexibility index (Phi) is 6.65. The molecule has 5 heteroatoms. The maximum Gasteiger partial charge on any atom is 0.191 e. The van der Waals surface area contributed by atoms with E-state index in [1.54, 1.807) is 6.20 Å². The van der Waals surface area contributed by atoms with Crippen LogP contribution in [0.1, 0.15) is 39.3 Å². The average Bonchev–Trinajstić information content (AvgIpc) is 3.34. The molecule has 0 aromatic carbocycles. The van der Waals surface area contributed by atoms with Crippen LogP contribution in [0.25, 0.3) is 0 Å². The van der Waals surface area contributed by atoms with Gasteiger partial charge >= 0.3 is 0 Å². The molecule has 0 aliphatic heterocycles. The predicted molar refractivity (Wildman–Crippen MR) is 91.9 cm³/mol. The van der Waals surface area contributed by atoms with Crippen LogP contribution in [0.5, 0.6) is 0 Å². The fourth-order valence-corrected chi connectivity index (χ4v) is 2.57. The van der Waals surface area contributed by atoms with E-state index in [0.29, 0.717) is 12.6 Å². The standard InChI is InChI=1S/C17H29N5/c1-4-18-17(21-13-15-7-5-6-10-19-15)20-11-12-22(14(2)3)16-8-9-16/h5-7,10,14,16H,4,8-9,11-13H2,1-3H3,(H2,18,20,21). The van der Waals surface area contributed by atoms with Gasteiger partial charge in [-0.3, -0.25) is 9.88 Å². The number of hydrogen-bond donors (Lipinski definition) is 2. The molecule has 1 aliphatic carbocycles. The molecular weight excluding hydrogens is 274 g/mol. The van der Waals surface area contributed by atoms with Crippen molar-refractivity contribution in [2.24, 2.45) is 4.99 Å². The van der Waals surface area contributed by atoms with Gasteiger partial charge in [0.05, 0.1) is 12.2 Å². The lowest BCUT2D eigenvalue weighted by atomic mass is 10.3. The molecule has 1 saturated carbocycles. The van der Waals surface area contributed by atoms with E-state index in [1.807, 2.05) is 18.2 Å². The molecule has 1 fully saturated rings. The first-order valence-corrected chi connectivity index (χ1v) is 8.38. The molecule has 1 aliphatic rings. The number of hydrogen-bond acceptors (Lipinski definition) is 3. The smallest absolute Gasteiger partial charge is 0.191 e. The Morgan fingerprint density at radius 2 is 2.18 bits per heavy atom. The molecule has 0 unspecified atom stereocenters. The first-order chi connectivity index (χ1) is 10.7. The normalized spacial score (nSPS) is 15.4. The molecule has 0 radical (unpaired) electrons. The van der Waals surface area contributed by atoms with Crippen molar-refractivity contribution in [2.45, 2.75) is 52.2 Å². The predicted octanol–water partition coefficient (Wildman–Crippen LogP) is 2.01. The number of guanidine groups is 1. The second-order valence-electron chi connectivity index (χ2n) is 6.01. The van der Waals surface area contributed by atoms with E-state index >= 15 is 0 Å². The molecule has 0 bridgehead atoms. The molecule has 0 amide bonds. The van der Waals surface area contributed by atoms with Crippen molar-refractivity contribution in [3.8, 4) is 0 Å². The van der Waals surface area contributed by atoms with Gasteiger partial charge in [0.15, 0.2) is 5.96 Å². The van der Waals surface area contributed by atoms with Crippen LogP contribution in [0.2, 0.25) is 0 Å². The summed E-state index contributed by atoms with van der Waals surface area (Å²) < 4.78 is 0. The lowest BCUT2D eigenvalue weighted by Gasteiger charge is -2.26. The highest BCUT2D eigenvalue weighted by Gasteiger charge is 2.29. The van der Waals surface area contributed by atoms with Crippen LogP contribution in [0.3, 0.4) is 0 Å². The van der Waals surface area contributed by atoms with Gasteiger partial charge in [0.2, 0.25) is 0 Å². The first-order valence-electron chi connectivity index (χ1n) is 8.38. The van der Waals surface area contributed by atoms with Crippen LogP contribution in [0, 0.1) is 0 Å². The van der Waals surface area contributed by atoms with Gasteiger partial charge in [-0.25, -0.2) is 4.99 Å². The molecule has 0 atom stereocenters. The second-order valence-corrected chi connectivity index (χ2v) is 6.01. The van der Waals surface area contributed by atoms with E-state index in [2.05, 4.69) is 46.3 Å². The third-order valence-corrected chi connectivity index (χ3v) is 3.81. The van der Waals surface area contributed by atoms with Gasteiger partial charge in [-0.2, -0.15) is 0 Å². The van der Waals surface area contributed by atoms with E-state index in [-0.39, 0.29) is 0 Å². The van der Waals surface area contributed by atoms with E-state index < -0.39 is 0 Å². The number of aliphatic imine (C=N–C) groups is 1. The van der Waals surface area contributed by atoms with E-state index in [9.17, 15) is 0 Å². The first kappa shape index (κ1) is 16.7. The van der Waals surface area contributed by atoms with Crippen molar-refractivity contribution in [1.82, 2.24) is 20.5 Å². The molecule has 5 nitrogen and oxygen atoms in total. The van der Waals surface area contributed by atoms with Gasteiger partial charge in [-0.05, 0) is 45.7 Å². The minimum absolute atomic E-state index is 0.604. The van der Waals surface area contributed by atoms with Crippen molar-refractivity contribution in [3.63, 3.8) is 0 Å². The summed E-state index contributed by atoms with van der Waals surface area (Å²) in [6, 6.07) is 7.33. The van der Waals surface area contributed by atoms with E-state index in [1.165, 1.54) is 12.8 Å². The maximum atomic E-state index is 4.60. The molecule has 0 spiro atoms. The monoisotopic (exact) mass is 303 g/mol. The minimum atomic E-state index is 0.604. The molecule has 1 heterocycles. The SMILES string of the molecule is CCNC(=NCc1ccccn1)NCCN(C(C)C)C1CC1. The maximum absolute atomic E-state index is 4.60. The topological polar surface area (TPSA) is 52.6 Å². The van der Waals surface area contributed by atoms with Gasteiger partial charge in [0, 0.05) is 37.9 Å². The number of pyridine rings is 1. The van der Waals surface area contributed by atoms with Crippen LogP contribution < -0.4 is 10.6 Å². The summed E-state index contributed by atoms with van der Waals surface area (Å²) >= 11 is 0. The van der Waals surface area contributed by atoms with Gasteiger partial charge in [0.25, 0.3) is 0 Å². The molecule has 22 heavy (non-hydrogen) atoms. The van der Waals surface area contributed by atoms with Crippen LogP contribution in [-0.2, 0) is 6.54 Å². The van der Waals surface area contributed by atoms with Crippen LogP contribution in [0.15, 0.2) is 29.4 Å². The number of nitrogens with zero attached hydrogens (tertiary/aromatic N) is 3. The highest BCUT2D eigenvalue weighted by Crippen LogP contribution is 2.27. The molecule has 0 saturated heterocycles. The Balaban J connectivity index is 1.80. The lowest BCUT2D eigenvalue weighted by Crippen LogP contribution is -2.43. The Morgan fingerprint density at radius 3 is 2.77 bits per heavy atom. The average molecular weight is 303 g/mol. The molecule has 1 aromatic rings. The zero-order valence-electron chi connectivity index (χ0n) is 14.0. The van der Waals surface area contributed by atoms with Crippen molar-refractivity contribution in [2.75, 3.05) is 19.6 Å². The molecule has 2 rings (SSSR count). The minimum Gasteiger partial charge on any atom is -0.357 e. The van der Waals surface area contributed by atoms with Crippen LogP contribution in [0.4, 0.5) is 0 Å². The third kappa shape index (κ3) is 5.64. The van der Waals surface area contributed by atoms with Crippen molar-refractivity contribution < 1.29 is 0 Å². The third-order valence-electron chi connectivity index (χ3n) is 3.81. The Bertz CT molecular complexity index is 451. The summed E-state index contributed by atoms with van der Waals surface area (Å²) in [5.74, 6) is 0.868. The Labute approximate surface area is 134 Å². The van der Waals surface area contributed by atoms with E-state index in [4.69, 9.17) is 0 Å². The summed E-state index contributed by atoms with van der Waals surface area (Å²) in [5.41, 5.74) is 0.987. The molecular formula is C17H29N5. The van der Waals surface area contributed by atoms with Gasteiger partial charge < -0.3 is 10.6 Å². The summed E-state index contributed by atoms with van der Waals surface area (Å²) in [5, 5.41) is 6.72. The molecule has 1 aromatic heterocycles. The second kappa shape index (κ2) is 8.73. The quantitative estimate of drug-likeness (QED) is 0.570. The number of rotatable bonds is 8. The zero-order valence-corrected chi connectivity index (χ0v) is 14.0. The fourth-order valence-electron chi connectivity index (χ4n) is 2.57. The van der Waals surface area contributed by atoms with Crippen molar-refractivity contribution in [1.29, 1.82) is 0 Å². The zero-order chi connectivity index (χ0) is 15.8. The Morgan fingerprint density at radius 1 is 1.36 bits per heavy atom. The van der Waals surface area contributed by atoms with Gasteiger partial charge in [-0.1, -0.05) is 6.07 Å². The fraction of sp³-hybridized carbons (Fsp3) is 0.647. The summed E-state index contributed by atoms with van der Waals surface area (Å²) in [7, 11) is 0. The number of nitrogens with one attached hydrogen (secondary N) is 2.